The fraction of sp³-hybridized carbons (Fsp3) is 0.364. The molecule has 0 saturated heterocycles. The van der Waals surface area contributed by atoms with Crippen LogP contribution in [0.25, 0.3) is 0 Å². The Labute approximate surface area is 163 Å². The van der Waals surface area contributed by atoms with E-state index in [4.69, 9.17) is 16.3 Å². The van der Waals surface area contributed by atoms with E-state index in [1.807, 2.05) is 44.2 Å². The number of carbonyl (C=O) groups excluding carboxylic acids is 2. The van der Waals surface area contributed by atoms with Gasteiger partial charge in [-0.1, -0.05) is 43.6 Å². The molecule has 2 aliphatic rings. The topological polar surface area (TPSA) is 55.4 Å². The average molecular weight is 384 g/mol. The van der Waals surface area contributed by atoms with E-state index in [9.17, 15) is 9.59 Å². The van der Waals surface area contributed by atoms with Crippen LogP contribution in [0.2, 0.25) is 5.02 Å². The number of rotatable bonds is 4. The number of hydrogen-bond acceptors (Lipinski definition) is 3. The number of Topliss-reactive ketones (excluding diaryl/α,β-unsaturated/α-hetero) is 1. The number of hydrogen-bond donors (Lipinski definition) is 1. The van der Waals surface area contributed by atoms with E-state index in [-0.39, 0.29) is 17.6 Å². The Hall–Kier alpha value is -2.33. The highest BCUT2D eigenvalue weighted by molar-refractivity contribution is 6.31. The zero-order valence-corrected chi connectivity index (χ0v) is 16.2. The van der Waals surface area contributed by atoms with Crippen molar-refractivity contribution in [3.05, 3.63) is 53.6 Å². The van der Waals surface area contributed by atoms with Crippen molar-refractivity contribution in [3.63, 3.8) is 0 Å². The second-order valence-electron chi connectivity index (χ2n) is 8.08. The van der Waals surface area contributed by atoms with Crippen LogP contribution in [0.5, 0.6) is 11.5 Å². The van der Waals surface area contributed by atoms with Crippen LogP contribution in [0, 0.1) is 16.7 Å². The summed E-state index contributed by atoms with van der Waals surface area (Å²) in [5.74, 6) is 1.23. The Balaban J connectivity index is 1.62. The Morgan fingerprint density at radius 1 is 1.19 bits per heavy atom. The van der Waals surface area contributed by atoms with Gasteiger partial charge in [0.25, 0.3) is 0 Å². The summed E-state index contributed by atoms with van der Waals surface area (Å²) < 4.78 is 5.91. The van der Waals surface area contributed by atoms with E-state index in [1.54, 1.807) is 18.2 Å². The molecular formula is C22H22ClNO3. The van der Waals surface area contributed by atoms with Gasteiger partial charge in [0.15, 0.2) is 11.5 Å². The van der Waals surface area contributed by atoms with Gasteiger partial charge in [0, 0.05) is 10.4 Å². The Bertz CT molecular complexity index is 909. The first-order valence-corrected chi connectivity index (χ1v) is 9.59. The van der Waals surface area contributed by atoms with E-state index in [1.165, 1.54) is 0 Å². The number of benzene rings is 2. The van der Waals surface area contributed by atoms with Crippen LogP contribution in [0.4, 0.5) is 5.69 Å². The molecule has 0 spiro atoms. The fourth-order valence-electron chi connectivity index (χ4n) is 4.53. The number of halogens is 1. The second-order valence-corrected chi connectivity index (χ2v) is 8.52. The lowest BCUT2D eigenvalue weighted by Gasteiger charge is -2.32. The summed E-state index contributed by atoms with van der Waals surface area (Å²) in [5, 5.41) is 3.42. The van der Waals surface area contributed by atoms with Gasteiger partial charge in [-0.05, 0) is 55.5 Å². The minimum atomic E-state index is -0.930. The number of ketones is 1. The zero-order valence-electron chi connectivity index (χ0n) is 15.4. The van der Waals surface area contributed by atoms with Crippen molar-refractivity contribution in [2.45, 2.75) is 33.1 Å². The molecule has 0 aromatic heterocycles. The van der Waals surface area contributed by atoms with Gasteiger partial charge >= 0.3 is 0 Å². The van der Waals surface area contributed by atoms with E-state index in [0.717, 1.165) is 6.42 Å². The van der Waals surface area contributed by atoms with Gasteiger partial charge in [-0.2, -0.15) is 0 Å². The largest absolute Gasteiger partial charge is 0.455 e. The van der Waals surface area contributed by atoms with Crippen LogP contribution in [0.15, 0.2) is 48.5 Å². The predicted molar refractivity (Wildman–Crippen MR) is 105 cm³/mol. The molecular weight excluding hydrogens is 362 g/mol. The second kappa shape index (κ2) is 6.38. The molecule has 2 fully saturated rings. The minimum Gasteiger partial charge on any atom is -0.455 e. The van der Waals surface area contributed by atoms with E-state index < -0.39 is 10.8 Å². The molecule has 0 aliphatic heterocycles. The molecule has 1 N–H and O–H groups in total. The Morgan fingerprint density at radius 2 is 1.93 bits per heavy atom. The molecule has 4 rings (SSSR count). The van der Waals surface area contributed by atoms with Gasteiger partial charge in [-0.15, -0.1) is 0 Å². The van der Waals surface area contributed by atoms with E-state index in [2.05, 4.69) is 5.32 Å². The molecule has 0 radical (unpaired) electrons. The molecule has 140 valence electrons. The molecule has 5 heteroatoms. The maximum Gasteiger partial charge on any atom is 0.238 e. The van der Waals surface area contributed by atoms with Crippen LogP contribution in [0.3, 0.4) is 0 Å². The number of carbonyl (C=O) groups is 2. The summed E-state index contributed by atoms with van der Waals surface area (Å²) in [6, 6.07) is 14.4. The summed E-state index contributed by atoms with van der Waals surface area (Å²) in [7, 11) is 0. The summed E-state index contributed by atoms with van der Waals surface area (Å²) >= 11 is 6.14. The maximum atomic E-state index is 13.2. The smallest absolute Gasteiger partial charge is 0.238 e. The highest BCUT2D eigenvalue weighted by atomic mass is 35.5. The summed E-state index contributed by atoms with van der Waals surface area (Å²) in [5.41, 5.74) is -0.889. The first kappa shape index (κ1) is 18.1. The lowest BCUT2D eigenvalue weighted by molar-refractivity contribution is -0.142. The molecule has 2 unspecified atom stereocenters. The highest BCUT2D eigenvalue weighted by Crippen LogP contribution is 2.60. The summed E-state index contributed by atoms with van der Waals surface area (Å²) in [4.78, 5) is 26.1. The number of anilines is 1. The van der Waals surface area contributed by atoms with Crippen molar-refractivity contribution >= 4 is 29.0 Å². The number of fused-ring (bicyclic) bond motifs is 2. The first-order valence-electron chi connectivity index (χ1n) is 9.22. The molecule has 2 atom stereocenters. The van der Waals surface area contributed by atoms with Crippen molar-refractivity contribution < 1.29 is 14.3 Å². The van der Waals surface area contributed by atoms with Crippen molar-refractivity contribution in [3.8, 4) is 11.5 Å². The Kier molecular flexibility index (Phi) is 4.26. The quantitative estimate of drug-likeness (QED) is 0.712. The number of para-hydroxylation sites is 1. The minimum absolute atomic E-state index is 0.0521. The van der Waals surface area contributed by atoms with Crippen LogP contribution in [-0.2, 0) is 9.59 Å². The standard InChI is InChI=1S/C22H22ClNO3/c1-21(2)14-10-11-22(13-14,19(21)25)20(26)24-17-12-15(23)8-9-18(17)27-16-6-4-3-5-7-16/h3-9,12,14H,10-11,13H2,1-2H3,(H,24,26). The summed E-state index contributed by atoms with van der Waals surface area (Å²) in [6.45, 7) is 3.91. The van der Waals surface area contributed by atoms with Gasteiger partial charge in [0.05, 0.1) is 5.69 Å². The lowest BCUT2D eigenvalue weighted by atomic mass is 9.70. The summed E-state index contributed by atoms with van der Waals surface area (Å²) in [6.07, 6.45) is 2.15. The lowest BCUT2D eigenvalue weighted by Crippen LogP contribution is -2.44. The van der Waals surface area contributed by atoms with Crippen molar-refractivity contribution in [1.82, 2.24) is 0 Å². The third-order valence-electron chi connectivity index (χ3n) is 6.15. The zero-order chi connectivity index (χ0) is 19.2. The van der Waals surface area contributed by atoms with Gasteiger partial charge < -0.3 is 10.1 Å². The van der Waals surface area contributed by atoms with E-state index >= 15 is 0 Å². The SMILES string of the molecule is CC1(C)C(=O)C2(C(=O)Nc3cc(Cl)ccc3Oc3ccccc3)CCC1C2. The molecule has 4 nitrogen and oxygen atoms in total. The van der Waals surface area contributed by atoms with Crippen LogP contribution >= 0.6 is 11.6 Å². The number of ether oxygens (including phenoxy) is 1. The monoisotopic (exact) mass is 383 g/mol. The van der Waals surface area contributed by atoms with Gasteiger partial charge in [-0.25, -0.2) is 0 Å². The molecule has 27 heavy (non-hydrogen) atoms. The third-order valence-corrected chi connectivity index (χ3v) is 6.39. The van der Waals surface area contributed by atoms with Crippen molar-refractivity contribution in [2.24, 2.45) is 16.7 Å². The van der Waals surface area contributed by atoms with Crippen molar-refractivity contribution in [2.75, 3.05) is 5.32 Å². The molecule has 2 aromatic carbocycles. The predicted octanol–water partition coefficient (Wildman–Crippen LogP) is 5.47. The molecule has 2 aliphatic carbocycles. The first-order chi connectivity index (χ1) is 12.8. The van der Waals surface area contributed by atoms with Crippen LogP contribution in [0.1, 0.15) is 33.1 Å². The molecule has 2 bridgehead atoms. The molecule has 2 aromatic rings. The van der Waals surface area contributed by atoms with Crippen LogP contribution < -0.4 is 10.1 Å². The van der Waals surface area contributed by atoms with E-state index in [0.29, 0.717) is 35.1 Å². The van der Waals surface area contributed by atoms with Gasteiger partial charge in [-0.3, -0.25) is 9.59 Å². The normalized spacial score (nSPS) is 25.4. The molecule has 2 saturated carbocycles. The van der Waals surface area contributed by atoms with Crippen molar-refractivity contribution in [1.29, 1.82) is 0 Å². The number of amides is 1. The third kappa shape index (κ3) is 2.92. The maximum absolute atomic E-state index is 13.2. The molecule has 0 heterocycles. The van der Waals surface area contributed by atoms with Gasteiger partial charge in [0.2, 0.25) is 5.91 Å². The number of nitrogens with one attached hydrogen (secondary N) is 1. The fourth-order valence-corrected chi connectivity index (χ4v) is 4.70. The van der Waals surface area contributed by atoms with Gasteiger partial charge in [0.1, 0.15) is 11.2 Å². The molecule has 1 amide bonds. The average Bonchev–Trinajstić information content (AvgIpc) is 3.18. The highest BCUT2D eigenvalue weighted by Gasteiger charge is 2.65. The van der Waals surface area contributed by atoms with Crippen LogP contribution in [-0.4, -0.2) is 11.7 Å². The Morgan fingerprint density at radius 3 is 2.59 bits per heavy atom.